The smallest absolute Gasteiger partial charge is 0.243 e. The molecule has 0 aliphatic carbocycles. The van der Waals surface area contributed by atoms with Crippen LogP contribution in [0.2, 0.25) is 0 Å². The van der Waals surface area contributed by atoms with Crippen molar-refractivity contribution in [2.45, 2.75) is 30.3 Å². The third kappa shape index (κ3) is 3.93. The summed E-state index contributed by atoms with van der Waals surface area (Å²) in [6.45, 7) is 4.62. The van der Waals surface area contributed by atoms with Crippen LogP contribution in [-0.4, -0.2) is 75.5 Å². The Morgan fingerprint density at radius 2 is 2.04 bits per heavy atom. The fraction of sp³-hybridized carbons (Fsp3) is 0.611. The molecule has 1 aromatic carbocycles. The third-order valence-corrected chi connectivity index (χ3v) is 7.17. The van der Waals surface area contributed by atoms with Crippen LogP contribution in [0.25, 0.3) is 0 Å². The summed E-state index contributed by atoms with van der Waals surface area (Å²) in [5.74, 6) is -0.287. The molecule has 2 heterocycles. The lowest BCUT2D eigenvalue weighted by atomic mass is 10.1. The first-order valence-corrected chi connectivity index (χ1v) is 10.4. The van der Waals surface area contributed by atoms with Gasteiger partial charge in [0.05, 0.1) is 17.4 Å². The maximum atomic E-state index is 13.1. The topological polar surface area (TPSA) is 79.0 Å². The van der Waals surface area contributed by atoms with E-state index in [1.807, 2.05) is 13.0 Å². The van der Waals surface area contributed by atoms with Crippen molar-refractivity contribution in [3.63, 3.8) is 0 Å². The molecule has 0 aromatic heterocycles. The number of amides is 1. The fourth-order valence-corrected chi connectivity index (χ4v) is 5.45. The highest BCUT2D eigenvalue weighted by molar-refractivity contribution is 7.89. The van der Waals surface area contributed by atoms with Crippen LogP contribution < -0.4 is 5.32 Å². The molecule has 0 spiro atoms. The average Bonchev–Trinajstić information content (AvgIpc) is 3.05. The van der Waals surface area contributed by atoms with Crippen LogP contribution in [0.3, 0.4) is 0 Å². The molecule has 3 rings (SSSR count). The minimum atomic E-state index is -3.52. The van der Waals surface area contributed by atoms with Gasteiger partial charge >= 0.3 is 0 Å². The Morgan fingerprint density at radius 3 is 2.73 bits per heavy atom. The molecule has 1 unspecified atom stereocenters. The molecule has 144 valence electrons. The standard InChI is InChI=1S/C18H27N3O4S/c1-14(13-25-2)18(22)19-10-16-12-21(15-8-9-20(16)11-15)26(23,24)17-6-4-3-5-7-17/h3-7,14-16H,8-13H2,1-2H3,(H,19,22)/t14-,15+,16+/m1/s1. The second-order valence-electron chi connectivity index (χ2n) is 7.08. The van der Waals surface area contributed by atoms with Gasteiger partial charge in [0.1, 0.15) is 0 Å². The number of piperazine rings is 1. The van der Waals surface area contributed by atoms with E-state index in [1.165, 1.54) is 0 Å². The predicted octanol–water partition coefficient (Wildman–Crippen LogP) is 0.533. The Kier molecular flexibility index (Phi) is 5.96. The van der Waals surface area contributed by atoms with Crippen LogP contribution >= 0.6 is 0 Å². The zero-order valence-electron chi connectivity index (χ0n) is 15.3. The monoisotopic (exact) mass is 381 g/mol. The van der Waals surface area contributed by atoms with Gasteiger partial charge in [-0.1, -0.05) is 25.1 Å². The Morgan fingerprint density at radius 1 is 1.31 bits per heavy atom. The summed E-state index contributed by atoms with van der Waals surface area (Å²) >= 11 is 0. The highest BCUT2D eigenvalue weighted by atomic mass is 32.2. The number of ether oxygens (including phenoxy) is 1. The van der Waals surface area contributed by atoms with Crippen LogP contribution in [-0.2, 0) is 19.6 Å². The lowest BCUT2D eigenvalue weighted by Gasteiger charge is -2.39. The van der Waals surface area contributed by atoms with Crippen molar-refractivity contribution in [3.8, 4) is 0 Å². The molecule has 2 bridgehead atoms. The van der Waals surface area contributed by atoms with E-state index >= 15 is 0 Å². The van der Waals surface area contributed by atoms with E-state index in [-0.39, 0.29) is 23.9 Å². The van der Waals surface area contributed by atoms with Gasteiger partial charge in [0.2, 0.25) is 15.9 Å². The molecule has 4 atom stereocenters. The van der Waals surface area contributed by atoms with Gasteiger partial charge in [0, 0.05) is 45.4 Å². The van der Waals surface area contributed by atoms with Gasteiger partial charge in [-0.2, -0.15) is 4.31 Å². The summed E-state index contributed by atoms with van der Waals surface area (Å²) in [4.78, 5) is 14.8. The molecule has 2 aliphatic rings. The molecule has 2 saturated heterocycles. The van der Waals surface area contributed by atoms with Crippen LogP contribution in [0.15, 0.2) is 35.2 Å². The van der Waals surface area contributed by atoms with Crippen molar-refractivity contribution >= 4 is 15.9 Å². The molecular formula is C18H27N3O4S. The van der Waals surface area contributed by atoms with E-state index < -0.39 is 10.0 Å². The van der Waals surface area contributed by atoms with Crippen molar-refractivity contribution in [1.82, 2.24) is 14.5 Å². The van der Waals surface area contributed by atoms with Crippen molar-refractivity contribution in [1.29, 1.82) is 0 Å². The van der Waals surface area contributed by atoms with Gasteiger partial charge in [-0.15, -0.1) is 0 Å². The number of fused-ring (bicyclic) bond motifs is 2. The number of hydrogen-bond donors (Lipinski definition) is 1. The maximum absolute atomic E-state index is 13.1. The summed E-state index contributed by atoms with van der Waals surface area (Å²) < 4.78 is 32.8. The molecular weight excluding hydrogens is 354 g/mol. The molecule has 0 radical (unpaired) electrons. The van der Waals surface area contributed by atoms with Gasteiger partial charge in [-0.3, -0.25) is 9.69 Å². The van der Waals surface area contributed by atoms with Gasteiger partial charge in [0.15, 0.2) is 0 Å². The molecule has 1 amide bonds. The van der Waals surface area contributed by atoms with E-state index in [9.17, 15) is 13.2 Å². The number of benzene rings is 1. The largest absolute Gasteiger partial charge is 0.384 e. The average molecular weight is 381 g/mol. The first-order valence-electron chi connectivity index (χ1n) is 9.01. The Balaban J connectivity index is 1.69. The van der Waals surface area contributed by atoms with E-state index in [0.29, 0.717) is 24.6 Å². The number of carbonyl (C=O) groups excluding carboxylic acids is 1. The van der Waals surface area contributed by atoms with Gasteiger partial charge in [-0.25, -0.2) is 8.42 Å². The normalized spacial score (nSPS) is 27.2. The summed E-state index contributed by atoms with van der Waals surface area (Å²) in [6.07, 6.45) is 0.830. The quantitative estimate of drug-likeness (QED) is 0.746. The number of sulfonamides is 1. The van der Waals surface area contributed by atoms with E-state index in [1.54, 1.807) is 35.7 Å². The van der Waals surface area contributed by atoms with E-state index in [4.69, 9.17) is 4.74 Å². The SMILES string of the molecule is COC[C@@H](C)C(=O)NC[C@H]1CN(S(=O)(=O)c2ccccc2)[C@H]2CCN1C2. The first-order chi connectivity index (χ1) is 12.4. The summed E-state index contributed by atoms with van der Waals surface area (Å²) in [5.41, 5.74) is 0. The number of carbonyl (C=O) groups is 1. The van der Waals surface area contributed by atoms with E-state index in [0.717, 1.165) is 19.5 Å². The minimum absolute atomic E-state index is 0.00840. The molecule has 1 aromatic rings. The highest BCUT2D eigenvalue weighted by Crippen LogP contribution is 2.29. The lowest BCUT2D eigenvalue weighted by Crippen LogP contribution is -2.57. The number of rotatable bonds is 7. The fourth-order valence-electron chi connectivity index (χ4n) is 3.74. The summed E-state index contributed by atoms with van der Waals surface area (Å²) in [6, 6.07) is 8.58. The Bertz CT molecular complexity index is 725. The third-order valence-electron chi connectivity index (χ3n) is 5.24. The predicted molar refractivity (Wildman–Crippen MR) is 98.1 cm³/mol. The lowest BCUT2D eigenvalue weighted by molar-refractivity contribution is -0.126. The van der Waals surface area contributed by atoms with Gasteiger partial charge < -0.3 is 10.1 Å². The molecule has 2 aliphatic heterocycles. The van der Waals surface area contributed by atoms with Crippen molar-refractivity contribution in [3.05, 3.63) is 30.3 Å². The van der Waals surface area contributed by atoms with Crippen LogP contribution in [0.5, 0.6) is 0 Å². The summed E-state index contributed by atoms with van der Waals surface area (Å²) in [7, 11) is -1.95. The van der Waals surface area contributed by atoms with Crippen LogP contribution in [0.1, 0.15) is 13.3 Å². The Labute approximate surface area is 155 Å². The first kappa shape index (κ1) is 19.3. The summed E-state index contributed by atoms with van der Waals surface area (Å²) in [5, 5.41) is 2.95. The zero-order valence-corrected chi connectivity index (χ0v) is 16.1. The van der Waals surface area contributed by atoms with E-state index in [2.05, 4.69) is 10.2 Å². The number of hydrogen-bond acceptors (Lipinski definition) is 5. The molecule has 26 heavy (non-hydrogen) atoms. The molecule has 8 heteroatoms. The van der Waals surface area contributed by atoms with Crippen molar-refractivity contribution in [2.24, 2.45) is 5.92 Å². The van der Waals surface area contributed by atoms with Gasteiger partial charge in [0.25, 0.3) is 0 Å². The van der Waals surface area contributed by atoms with Crippen molar-refractivity contribution in [2.75, 3.05) is 39.9 Å². The second kappa shape index (κ2) is 8.04. The van der Waals surface area contributed by atoms with Crippen LogP contribution in [0.4, 0.5) is 0 Å². The highest BCUT2D eigenvalue weighted by Gasteiger charge is 2.44. The minimum Gasteiger partial charge on any atom is -0.384 e. The Hall–Kier alpha value is -1.48. The number of nitrogens with one attached hydrogen (secondary N) is 1. The second-order valence-corrected chi connectivity index (χ2v) is 8.97. The molecule has 7 nitrogen and oxygen atoms in total. The van der Waals surface area contributed by atoms with Crippen LogP contribution in [0, 0.1) is 5.92 Å². The van der Waals surface area contributed by atoms with Gasteiger partial charge in [-0.05, 0) is 18.6 Å². The molecule has 0 saturated carbocycles. The molecule has 1 N–H and O–H groups in total. The maximum Gasteiger partial charge on any atom is 0.243 e. The zero-order chi connectivity index (χ0) is 18.7. The number of methoxy groups -OCH3 is 1. The van der Waals surface area contributed by atoms with Crippen molar-refractivity contribution < 1.29 is 17.9 Å². The number of nitrogens with zero attached hydrogens (tertiary/aromatic N) is 2. The molecule has 2 fully saturated rings.